The van der Waals surface area contributed by atoms with Crippen LogP contribution < -0.4 is 4.48 Å². The van der Waals surface area contributed by atoms with Crippen LogP contribution in [-0.4, -0.2) is 41.6 Å². The summed E-state index contributed by atoms with van der Waals surface area (Å²) in [5, 5.41) is 15.5. The van der Waals surface area contributed by atoms with E-state index in [-0.39, 0.29) is 10.3 Å². The van der Waals surface area contributed by atoms with Gasteiger partial charge in [0.1, 0.15) is 0 Å². The predicted molar refractivity (Wildman–Crippen MR) is 75.8 cm³/mol. The summed E-state index contributed by atoms with van der Waals surface area (Å²) in [6.07, 6.45) is 0. The van der Waals surface area contributed by atoms with Gasteiger partial charge in [-0.15, -0.1) is 0 Å². The zero-order chi connectivity index (χ0) is 14.0. The molecule has 1 atom stereocenters. The summed E-state index contributed by atoms with van der Waals surface area (Å²) in [5.41, 5.74) is 0.327. The average Bonchev–Trinajstić information content (AvgIpc) is 2.71. The first-order chi connectivity index (χ1) is 9.00. The number of carboxylic acids is 1. The van der Waals surface area contributed by atoms with Gasteiger partial charge in [-0.3, -0.25) is 0 Å². The Morgan fingerprint density at radius 3 is 2.63 bits per heavy atom. The van der Waals surface area contributed by atoms with Gasteiger partial charge in [-0.2, -0.15) is 0 Å². The van der Waals surface area contributed by atoms with Crippen LogP contribution in [0, 0.1) is 0 Å². The summed E-state index contributed by atoms with van der Waals surface area (Å²) in [4.78, 5) is 23.0. The number of benzene rings is 1. The first-order valence-electron chi connectivity index (χ1n) is 5.03. The molecule has 0 amide bonds. The molecule has 0 aliphatic carbocycles. The van der Waals surface area contributed by atoms with E-state index in [9.17, 15) is 9.59 Å². The molecular weight excluding hydrogens is 398 g/mol. The van der Waals surface area contributed by atoms with E-state index >= 15 is 0 Å². The molecule has 1 aromatic carbocycles. The molecule has 2 rings (SSSR count). The Bertz CT molecular complexity index is 659. The number of halogens is 2. The molecule has 19 heavy (non-hydrogen) atoms. The van der Waals surface area contributed by atoms with Crippen LogP contribution in [0.25, 0.3) is 0 Å². The van der Waals surface area contributed by atoms with Crippen LogP contribution in [-0.2, 0) is 0 Å². The first-order valence-corrected chi connectivity index (χ1v) is 8.30. The maximum absolute atomic E-state index is 12.1. The molecule has 5 nitrogen and oxygen atoms in total. The second kappa shape index (κ2) is 5.90. The molecule has 2 aromatic rings. The van der Waals surface area contributed by atoms with Gasteiger partial charge >= 0.3 is 128 Å². The number of nitrogens with zero attached hydrogens (tertiary/aromatic N) is 1. The molecule has 1 heterocycles. The predicted octanol–water partition coefficient (Wildman–Crippen LogP) is 1.43. The van der Waals surface area contributed by atoms with Crippen LogP contribution in [0.5, 0.6) is 0 Å². The molecule has 0 aliphatic heterocycles. The summed E-state index contributed by atoms with van der Waals surface area (Å²) in [5.74, 6) is -1.15. The van der Waals surface area contributed by atoms with Crippen molar-refractivity contribution in [2.24, 2.45) is 0 Å². The van der Waals surface area contributed by atoms with Crippen LogP contribution in [0.1, 0.15) is 20.8 Å². The molecular formula is C11H7AsBrClN2O3. The second-order valence-corrected chi connectivity index (χ2v) is 7.23. The van der Waals surface area contributed by atoms with Crippen molar-refractivity contribution < 1.29 is 14.7 Å². The summed E-state index contributed by atoms with van der Waals surface area (Å²) >= 11 is 7.83. The van der Waals surface area contributed by atoms with E-state index in [1.54, 1.807) is 24.3 Å². The Balaban J connectivity index is 2.25. The molecule has 0 saturated carbocycles. The molecule has 1 aromatic heterocycles. The van der Waals surface area contributed by atoms with Gasteiger partial charge in [-0.25, -0.2) is 0 Å². The number of aromatic carboxylic acids is 1. The second-order valence-electron chi connectivity index (χ2n) is 3.50. The van der Waals surface area contributed by atoms with Crippen molar-refractivity contribution >= 4 is 58.3 Å². The molecule has 0 spiro atoms. The van der Waals surface area contributed by atoms with Gasteiger partial charge in [-0.05, 0) is 0 Å². The standard InChI is InChI=1S/C11H7AsBrClN2O3/c13-7-8(11(18)19)15-16-9(7)12-10(17)5-3-1-2-4-6(5)14/h1-4,12H,(H,15,16)(H,18,19). The van der Waals surface area contributed by atoms with Gasteiger partial charge < -0.3 is 0 Å². The van der Waals surface area contributed by atoms with E-state index in [0.717, 1.165) is 0 Å². The fourth-order valence-electron chi connectivity index (χ4n) is 1.38. The Morgan fingerprint density at radius 2 is 2.05 bits per heavy atom. The van der Waals surface area contributed by atoms with Crippen molar-refractivity contribution in [2.75, 3.05) is 0 Å². The summed E-state index contributed by atoms with van der Waals surface area (Å²) in [6, 6.07) is 6.77. The van der Waals surface area contributed by atoms with Crippen molar-refractivity contribution in [3.8, 4) is 0 Å². The third-order valence-electron chi connectivity index (χ3n) is 2.27. The van der Waals surface area contributed by atoms with Crippen LogP contribution in [0.4, 0.5) is 0 Å². The number of nitrogens with one attached hydrogen (secondary N) is 1. The number of carbonyl (C=O) groups excluding carboxylic acids is 1. The number of hydrogen-bond donors (Lipinski definition) is 2. The quantitative estimate of drug-likeness (QED) is 0.754. The molecule has 98 valence electrons. The van der Waals surface area contributed by atoms with Gasteiger partial charge in [0.2, 0.25) is 0 Å². The van der Waals surface area contributed by atoms with Gasteiger partial charge in [0.25, 0.3) is 0 Å². The zero-order valence-electron chi connectivity index (χ0n) is 9.28. The summed E-state index contributed by atoms with van der Waals surface area (Å²) < 4.78 is 0.773. The van der Waals surface area contributed by atoms with Gasteiger partial charge in [0, 0.05) is 0 Å². The van der Waals surface area contributed by atoms with Crippen LogP contribution in [0.2, 0.25) is 5.02 Å². The number of aromatic amines is 1. The third kappa shape index (κ3) is 3.08. The number of H-pyrrole nitrogens is 1. The average molecular weight is 405 g/mol. The molecule has 0 fully saturated rings. The van der Waals surface area contributed by atoms with Crippen LogP contribution in [0.15, 0.2) is 28.7 Å². The number of hydrogen-bond acceptors (Lipinski definition) is 3. The number of aromatic nitrogens is 2. The number of carboxylic acid groups (broad SMARTS) is 1. The van der Waals surface area contributed by atoms with E-state index in [1.165, 1.54) is 0 Å². The number of carbonyl (C=O) groups is 2. The SMILES string of the molecule is O=C([AsH]c1[nH]nc(C(=O)O)c1Br)c1ccccc1Cl. The Hall–Kier alpha value is -1.10. The van der Waals surface area contributed by atoms with Gasteiger partial charge in [0.15, 0.2) is 0 Å². The van der Waals surface area contributed by atoms with E-state index in [1.807, 2.05) is 0 Å². The Labute approximate surface area is 128 Å². The molecule has 0 aliphatic rings. The molecule has 8 heteroatoms. The summed E-state index contributed by atoms with van der Waals surface area (Å²) in [6.45, 7) is 0. The molecule has 0 radical (unpaired) electrons. The topological polar surface area (TPSA) is 83.0 Å². The maximum atomic E-state index is 12.1. The van der Waals surface area contributed by atoms with Crippen molar-refractivity contribution in [3.63, 3.8) is 0 Å². The Morgan fingerprint density at radius 1 is 1.37 bits per heavy atom. The van der Waals surface area contributed by atoms with Crippen molar-refractivity contribution in [3.05, 3.63) is 45.0 Å². The normalized spacial score (nSPS) is 11.1. The van der Waals surface area contributed by atoms with Crippen LogP contribution >= 0.6 is 27.5 Å². The molecule has 1 unspecified atom stereocenters. The molecule has 2 N–H and O–H groups in total. The van der Waals surface area contributed by atoms with Gasteiger partial charge in [-0.1, -0.05) is 0 Å². The minimum atomic E-state index is -1.26. The third-order valence-corrected chi connectivity index (χ3v) is 6.46. The zero-order valence-corrected chi connectivity index (χ0v) is 13.7. The van der Waals surface area contributed by atoms with Crippen molar-refractivity contribution in [1.29, 1.82) is 0 Å². The van der Waals surface area contributed by atoms with Crippen LogP contribution in [0.3, 0.4) is 0 Å². The monoisotopic (exact) mass is 404 g/mol. The van der Waals surface area contributed by atoms with E-state index < -0.39 is 21.7 Å². The fraction of sp³-hybridized carbons (Fsp3) is 0. The molecule has 0 bridgehead atoms. The summed E-state index contributed by atoms with van der Waals surface area (Å²) in [7, 11) is 0. The number of rotatable bonds is 4. The van der Waals surface area contributed by atoms with E-state index in [0.29, 0.717) is 19.5 Å². The van der Waals surface area contributed by atoms with Crippen molar-refractivity contribution in [2.45, 2.75) is 0 Å². The minimum absolute atomic E-state index is 0.0908. The van der Waals surface area contributed by atoms with Gasteiger partial charge in [0.05, 0.1) is 0 Å². The Kier molecular flexibility index (Phi) is 4.45. The van der Waals surface area contributed by atoms with Crippen molar-refractivity contribution in [1.82, 2.24) is 10.2 Å². The molecule has 0 saturated heterocycles. The van der Waals surface area contributed by atoms with E-state index in [2.05, 4.69) is 26.1 Å². The first kappa shape index (κ1) is 14.3. The fourth-order valence-corrected chi connectivity index (χ4v) is 4.56. The van der Waals surface area contributed by atoms with E-state index in [4.69, 9.17) is 16.7 Å².